The average Bonchev–Trinajstić information content (AvgIpc) is 2.43. The minimum absolute atomic E-state index is 0.157. The molecule has 0 fully saturated rings. The van der Waals surface area contributed by atoms with E-state index in [1.807, 2.05) is 27.7 Å². The third kappa shape index (κ3) is 6.37. The smallest absolute Gasteiger partial charge is 0.311 e. The Labute approximate surface area is 122 Å². The summed E-state index contributed by atoms with van der Waals surface area (Å²) in [6, 6.07) is 0. The third-order valence-electron chi connectivity index (χ3n) is 3.97. The van der Waals surface area contributed by atoms with E-state index in [0.717, 1.165) is 6.54 Å². The maximum atomic E-state index is 12.2. The number of esters is 1. The van der Waals surface area contributed by atoms with Crippen LogP contribution in [0, 0.1) is 11.3 Å². The van der Waals surface area contributed by atoms with Crippen LogP contribution in [-0.2, 0) is 14.3 Å². The first-order valence-corrected chi connectivity index (χ1v) is 7.58. The maximum Gasteiger partial charge on any atom is 0.311 e. The highest BCUT2D eigenvalue weighted by atomic mass is 16.5. The number of primary amides is 1. The van der Waals surface area contributed by atoms with Gasteiger partial charge in [-0.05, 0) is 39.2 Å². The molecule has 1 amide bonds. The number of nitrogens with one attached hydrogen (secondary N) is 1. The molecule has 2 unspecified atom stereocenters. The average molecular weight is 286 g/mol. The Bertz CT molecular complexity index is 307. The molecule has 0 aromatic rings. The molecule has 0 saturated heterocycles. The Morgan fingerprint density at radius 1 is 1.30 bits per heavy atom. The molecule has 0 spiro atoms. The lowest BCUT2D eigenvalue weighted by Gasteiger charge is -2.27. The number of likely N-dealkylation sites (N-methyl/N-ethyl adjacent to an activating group) is 1. The van der Waals surface area contributed by atoms with E-state index in [-0.39, 0.29) is 17.8 Å². The van der Waals surface area contributed by atoms with Gasteiger partial charge in [-0.2, -0.15) is 0 Å². The van der Waals surface area contributed by atoms with Crippen LogP contribution in [-0.4, -0.2) is 31.6 Å². The molecule has 5 heteroatoms. The van der Waals surface area contributed by atoms with Gasteiger partial charge in [0, 0.05) is 12.5 Å². The van der Waals surface area contributed by atoms with Crippen molar-refractivity contribution in [3.8, 4) is 0 Å². The van der Waals surface area contributed by atoms with Gasteiger partial charge in [0.1, 0.15) is 6.61 Å². The van der Waals surface area contributed by atoms with Gasteiger partial charge in [0.15, 0.2) is 0 Å². The van der Waals surface area contributed by atoms with Crippen LogP contribution in [0.4, 0.5) is 0 Å². The molecule has 0 heterocycles. The lowest BCUT2D eigenvalue weighted by atomic mass is 9.80. The van der Waals surface area contributed by atoms with Crippen LogP contribution in [0.3, 0.4) is 0 Å². The van der Waals surface area contributed by atoms with Crippen molar-refractivity contribution in [2.24, 2.45) is 17.1 Å². The number of amides is 1. The van der Waals surface area contributed by atoms with Crippen molar-refractivity contribution in [3.05, 3.63) is 0 Å². The lowest BCUT2D eigenvalue weighted by Crippen LogP contribution is -2.33. The van der Waals surface area contributed by atoms with Crippen LogP contribution in [0.1, 0.15) is 53.4 Å². The van der Waals surface area contributed by atoms with E-state index < -0.39 is 5.41 Å². The monoisotopic (exact) mass is 286 g/mol. The zero-order valence-electron chi connectivity index (χ0n) is 13.3. The van der Waals surface area contributed by atoms with Gasteiger partial charge < -0.3 is 15.8 Å². The summed E-state index contributed by atoms with van der Waals surface area (Å²) in [6.45, 7) is 9.73. The molecule has 0 bridgehead atoms. The second-order valence-electron chi connectivity index (χ2n) is 5.45. The van der Waals surface area contributed by atoms with Gasteiger partial charge >= 0.3 is 5.97 Å². The van der Waals surface area contributed by atoms with Crippen molar-refractivity contribution < 1.29 is 14.3 Å². The summed E-state index contributed by atoms with van der Waals surface area (Å²) in [4.78, 5) is 23.4. The van der Waals surface area contributed by atoms with Gasteiger partial charge in [-0.15, -0.1) is 0 Å². The summed E-state index contributed by atoms with van der Waals surface area (Å²) in [7, 11) is 0. The van der Waals surface area contributed by atoms with Crippen LogP contribution < -0.4 is 11.1 Å². The van der Waals surface area contributed by atoms with E-state index in [2.05, 4.69) is 5.32 Å². The predicted octanol–water partition coefficient (Wildman–Crippen LogP) is 1.85. The molecule has 5 nitrogen and oxygen atoms in total. The standard InChI is InChI=1S/C15H30N2O3/c1-5-12(13(16)18)8-9-15(4,6-2)14(19)20-11-10-17-7-3/h12,17H,5-11H2,1-4H3,(H2,16,18). The van der Waals surface area contributed by atoms with E-state index in [1.165, 1.54) is 0 Å². The largest absolute Gasteiger partial charge is 0.464 e. The lowest BCUT2D eigenvalue weighted by molar-refractivity contribution is -0.156. The Morgan fingerprint density at radius 2 is 1.95 bits per heavy atom. The van der Waals surface area contributed by atoms with Crippen molar-refractivity contribution >= 4 is 11.9 Å². The maximum absolute atomic E-state index is 12.2. The van der Waals surface area contributed by atoms with E-state index >= 15 is 0 Å². The number of hydrogen-bond donors (Lipinski definition) is 2. The van der Waals surface area contributed by atoms with Crippen molar-refractivity contribution in [3.63, 3.8) is 0 Å². The van der Waals surface area contributed by atoms with Gasteiger partial charge in [-0.1, -0.05) is 20.8 Å². The molecule has 0 rings (SSSR count). The second kappa shape index (κ2) is 9.75. The van der Waals surface area contributed by atoms with E-state index in [9.17, 15) is 9.59 Å². The van der Waals surface area contributed by atoms with Gasteiger partial charge in [0.2, 0.25) is 5.91 Å². The summed E-state index contributed by atoms with van der Waals surface area (Å²) in [5.74, 6) is -0.626. The quantitative estimate of drug-likeness (QED) is 0.448. The summed E-state index contributed by atoms with van der Waals surface area (Å²) in [5, 5.41) is 3.11. The number of carbonyl (C=O) groups excluding carboxylic acids is 2. The van der Waals surface area contributed by atoms with Crippen LogP contribution in [0.15, 0.2) is 0 Å². The Hall–Kier alpha value is -1.10. The molecule has 0 radical (unpaired) electrons. The van der Waals surface area contributed by atoms with E-state index in [1.54, 1.807) is 0 Å². The number of carbonyl (C=O) groups is 2. The molecule has 0 aromatic heterocycles. The highest BCUT2D eigenvalue weighted by Gasteiger charge is 2.33. The predicted molar refractivity (Wildman–Crippen MR) is 80.1 cm³/mol. The first kappa shape index (κ1) is 18.9. The molecular formula is C15H30N2O3. The highest BCUT2D eigenvalue weighted by molar-refractivity contribution is 5.78. The Morgan fingerprint density at radius 3 is 2.40 bits per heavy atom. The van der Waals surface area contributed by atoms with Crippen LogP contribution in [0.2, 0.25) is 0 Å². The van der Waals surface area contributed by atoms with Crippen molar-refractivity contribution in [2.75, 3.05) is 19.7 Å². The van der Waals surface area contributed by atoms with Crippen LogP contribution in [0.5, 0.6) is 0 Å². The van der Waals surface area contributed by atoms with Gasteiger partial charge in [-0.3, -0.25) is 9.59 Å². The molecule has 0 saturated carbocycles. The fourth-order valence-corrected chi connectivity index (χ4v) is 2.03. The molecular weight excluding hydrogens is 256 g/mol. The van der Waals surface area contributed by atoms with Gasteiger partial charge in [0.25, 0.3) is 0 Å². The van der Waals surface area contributed by atoms with Crippen molar-refractivity contribution in [1.82, 2.24) is 5.32 Å². The summed E-state index contributed by atoms with van der Waals surface area (Å²) >= 11 is 0. The number of nitrogens with two attached hydrogens (primary N) is 1. The minimum Gasteiger partial charge on any atom is -0.464 e. The second-order valence-corrected chi connectivity index (χ2v) is 5.45. The summed E-state index contributed by atoms with van der Waals surface area (Å²) in [5.41, 5.74) is 4.81. The van der Waals surface area contributed by atoms with E-state index in [4.69, 9.17) is 10.5 Å². The fraction of sp³-hybridized carbons (Fsp3) is 0.867. The normalized spacial score (nSPS) is 15.4. The zero-order valence-corrected chi connectivity index (χ0v) is 13.3. The first-order valence-electron chi connectivity index (χ1n) is 7.58. The van der Waals surface area contributed by atoms with Gasteiger partial charge in [-0.25, -0.2) is 0 Å². The number of ether oxygens (including phenoxy) is 1. The minimum atomic E-state index is -0.533. The zero-order chi connectivity index (χ0) is 15.6. The van der Waals surface area contributed by atoms with Crippen LogP contribution >= 0.6 is 0 Å². The summed E-state index contributed by atoms with van der Waals surface area (Å²) in [6.07, 6.45) is 2.68. The third-order valence-corrected chi connectivity index (χ3v) is 3.97. The van der Waals surface area contributed by atoms with Crippen molar-refractivity contribution in [1.29, 1.82) is 0 Å². The topological polar surface area (TPSA) is 81.4 Å². The number of rotatable bonds is 11. The first-order chi connectivity index (χ1) is 9.41. The van der Waals surface area contributed by atoms with Gasteiger partial charge in [0.05, 0.1) is 5.41 Å². The fourth-order valence-electron chi connectivity index (χ4n) is 2.03. The van der Waals surface area contributed by atoms with Crippen molar-refractivity contribution in [2.45, 2.75) is 53.4 Å². The molecule has 0 aromatic carbocycles. The SMILES string of the molecule is CCNCCOC(=O)C(C)(CC)CCC(CC)C(N)=O. The Balaban J connectivity index is 4.36. The summed E-state index contributed by atoms with van der Waals surface area (Å²) < 4.78 is 5.31. The molecule has 118 valence electrons. The number of hydrogen-bond acceptors (Lipinski definition) is 4. The van der Waals surface area contributed by atoms with Crippen LogP contribution in [0.25, 0.3) is 0 Å². The molecule has 3 N–H and O–H groups in total. The molecule has 20 heavy (non-hydrogen) atoms. The van der Waals surface area contributed by atoms with E-state index in [0.29, 0.717) is 38.8 Å². The molecule has 0 aliphatic heterocycles. The Kier molecular flexibility index (Phi) is 9.21. The molecule has 0 aliphatic carbocycles. The molecule has 2 atom stereocenters. The highest BCUT2D eigenvalue weighted by Crippen LogP contribution is 2.31. The molecule has 0 aliphatic rings.